The molecule has 26 heavy (non-hydrogen) atoms. The Labute approximate surface area is 149 Å². The molecule has 3 heterocycles. The van der Waals surface area contributed by atoms with Crippen molar-refractivity contribution in [1.29, 1.82) is 0 Å². The zero-order valence-corrected chi connectivity index (χ0v) is 14.5. The molecule has 1 aliphatic heterocycles. The summed E-state index contributed by atoms with van der Waals surface area (Å²) in [5.41, 5.74) is 0.842. The number of rotatable bonds is 3. The van der Waals surface area contributed by atoms with Crippen LogP contribution in [0.5, 0.6) is 0 Å². The van der Waals surface area contributed by atoms with Crippen LogP contribution < -0.4 is 5.63 Å². The van der Waals surface area contributed by atoms with Gasteiger partial charge in [0.15, 0.2) is 5.76 Å². The molecule has 0 N–H and O–H groups in total. The van der Waals surface area contributed by atoms with E-state index in [1.165, 1.54) is 0 Å². The number of carbonyl (C=O) groups is 1. The summed E-state index contributed by atoms with van der Waals surface area (Å²) in [6.07, 6.45) is 0. The smallest absolute Gasteiger partial charge is 0.349 e. The number of nitrogens with zero attached hydrogens (tertiary/aromatic N) is 3. The van der Waals surface area contributed by atoms with Gasteiger partial charge in [-0.1, -0.05) is 23.4 Å². The van der Waals surface area contributed by atoms with Crippen molar-refractivity contribution in [2.75, 3.05) is 26.2 Å². The standard InChI is InChI=1S/C19H19N3O4/c1-13-10-15(26-20-13)12-21-6-8-22(9-7-21)18(23)16-11-14-4-2-3-5-17(14)25-19(16)24/h2-5,10-11H,6-9,12H2,1H3. The quantitative estimate of drug-likeness (QED) is 0.671. The molecule has 0 unspecified atom stereocenters. The molecule has 0 radical (unpaired) electrons. The lowest BCUT2D eigenvalue weighted by atomic mass is 10.1. The minimum Gasteiger partial charge on any atom is -0.422 e. The molecule has 1 aromatic carbocycles. The molecular weight excluding hydrogens is 334 g/mol. The number of hydrogen-bond donors (Lipinski definition) is 0. The first kappa shape index (κ1) is 16.5. The number of para-hydroxylation sites is 1. The molecule has 0 saturated carbocycles. The highest BCUT2D eigenvalue weighted by Gasteiger charge is 2.25. The Morgan fingerprint density at radius 1 is 1.15 bits per heavy atom. The van der Waals surface area contributed by atoms with Gasteiger partial charge in [-0.05, 0) is 19.1 Å². The Kier molecular flexibility index (Phi) is 4.30. The van der Waals surface area contributed by atoms with E-state index in [0.717, 1.165) is 16.8 Å². The van der Waals surface area contributed by atoms with Gasteiger partial charge in [-0.3, -0.25) is 9.69 Å². The van der Waals surface area contributed by atoms with E-state index >= 15 is 0 Å². The van der Waals surface area contributed by atoms with Gasteiger partial charge in [-0.2, -0.15) is 0 Å². The number of carbonyl (C=O) groups excluding carboxylic acids is 1. The third-order valence-electron chi connectivity index (χ3n) is 4.59. The van der Waals surface area contributed by atoms with Crippen molar-refractivity contribution in [3.63, 3.8) is 0 Å². The lowest BCUT2D eigenvalue weighted by Crippen LogP contribution is -2.49. The zero-order valence-electron chi connectivity index (χ0n) is 14.5. The Hall–Kier alpha value is -2.93. The second-order valence-electron chi connectivity index (χ2n) is 6.49. The van der Waals surface area contributed by atoms with Crippen LogP contribution in [0.15, 0.2) is 50.1 Å². The van der Waals surface area contributed by atoms with Crippen LogP contribution in [0.3, 0.4) is 0 Å². The molecule has 7 nitrogen and oxygen atoms in total. The number of hydrogen-bond acceptors (Lipinski definition) is 6. The van der Waals surface area contributed by atoms with Gasteiger partial charge in [-0.25, -0.2) is 4.79 Å². The molecule has 4 rings (SSSR count). The van der Waals surface area contributed by atoms with Gasteiger partial charge in [0.25, 0.3) is 5.91 Å². The Morgan fingerprint density at radius 2 is 1.92 bits per heavy atom. The molecule has 0 spiro atoms. The molecule has 2 aromatic heterocycles. The molecule has 1 aliphatic rings. The highest BCUT2D eigenvalue weighted by Crippen LogP contribution is 2.15. The molecule has 1 amide bonds. The lowest BCUT2D eigenvalue weighted by Gasteiger charge is -2.34. The highest BCUT2D eigenvalue weighted by atomic mass is 16.5. The minimum absolute atomic E-state index is 0.0861. The average molecular weight is 353 g/mol. The van der Waals surface area contributed by atoms with E-state index in [0.29, 0.717) is 38.3 Å². The Morgan fingerprint density at radius 3 is 2.65 bits per heavy atom. The maximum absolute atomic E-state index is 12.8. The molecule has 3 aromatic rings. The second kappa shape index (κ2) is 6.76. The summed E-state index contributed by atoms with van der Waals surface area (Å²) in [6, 6.07) is 10.7. The van der Waals surface area contributed by atoms with Crippen molar-refractivity contribution < 1.29 is 13.7 Å². The first-order chi connectivity index (χ1) is 12.6. The average Bonchev–Trinajstić information content (AvgIpc) is 3.06. The second-order valence-corrected chi connectivity index (χ2v) is 6.49. The van der Waals surface area contributed by atoms with Crippen LogP contribution in [0.25, 0.3) is 11.0 Å². The third-order valence-corrected chi connectivity index (χ3v) is 4.59. The summed E-state index contributed by atoms with van der Waals surface area (Å²) in [5, 5.41) is 4.63. The Balaban J connectivity index is 1.45. The maximum Gasteiger partial charge on any atom is 0.349 e. The van der Waals surface area contributed by atoms with Crippen LogP contribution in [-0.4, -0.2) is 47.0 Å². The molecule has 1 saturated heterocycles. The number of piperazine rings is 1. The third kappa shape index (κ3) is 3.25. The van der Waals surface area contributed by atoms with E-state index in [2.05, 4.69) is 10.1 Å². The van der Waals surface area contributed by atoms with E-state index in [1.807, 2.05) is 25.1 Å². The molecular formula is C19H19N3O4. The largest absolute Gasteiger partial charge is 0.422 e. The monoisotopic (exact) mass is 353 g/mol. The normalized spacial score (nSPS) is 15.5. The van der Waals surface area contributed by atoms with Crippen molar-refractivity contribution in [2.45, 2.75) is 13.5 Å². The molecule has 0 bridgehead atoms. The van der Waals surface area contributed by atoms with Crippen molar-refractivity contribution in [3.05, 3.63) is 63.8 Å². The van der Waals surface area contributed by atoms with Crippen LogP contribution in [0.4, 0.5) is 0 Å². The van der Waals surface area contributed by atoms with E-state index in [4.69, 9.17) is 8.94 Å². The van der Waals surface area contributed by atoms with Crippen LogP contribution in [0.2, 0.25) is 0 Å². The van der Waals surface area contributed by atoms with Gasteiger partial charge in [0, 0.05) is 37.6 Å². The van der Waals surface area contributed by atoms with Gasteiger partial charge in [0.05, 0.1) is 12.2 Å². The summed E-state index contributed by atoms with van der Waals surface area (Å²) in [4.78, 5) is 28.8. The summed E-state index contributed by atoms with van der Waals surface area (Å²) in [5.74, 6) is 0.539. The highest BCUT2D eigenvalue weighted by molar-refractivity contribution is 5.96. The topological polar surface area (TPSA) is 79.8 Å². The van der Waals surface area contributed by atoms with E-state index in [1.54, 1.807) is 23.1 Å². The molecule has 0 atom stereocenters. The predicted octanol–water partition coefficient (Wildman–Crippen LogP) is 2.05. The van der Waals surface area contributed by atoms with E-state index in [-0.39, 0.29) is 11.5 Å². The molecule has 134 valence electrons. The fourth-order valence-corrected chi connectivity index (χ4v) is 3.20. The molecule has 1 fully saturated rings. The van der Waals surface area contributed by atoms with E-state index in [9.17, 15) is 9.59 Å². The minimum atomic E-state index is -0.590. The van der Waals surface area contributed by atoms with Gasteiger partial charge in [0.2, 0.25) is 0 Å². The summed E-state index contributed by atoms with van der Waals surface area (Å²) >= 11 is 0. The SMILES string of the molecule is Cc1cc(CN2CCN(C(=O)c3cc4ccccc4oc3=O)CC2)on1. The zero-order chi connectivity index (χ0) is 18.1. The first-order valence-corrected chi connectivity index (χ1v) is 8.57. The number of fused-ring (bicyclic) bond motifs is 1. The van der Waals surface area contributed by atoms with Crippen LogP contribution in [0.1, 0.15) is 21.8 Å². The number of amides is 1. The summed E-state index contributed by atoms with van der Waals surface area (Å²) in [6.45, 7) is 5.09. The van der Waals surface area contributed by atoms with Crippen molar-refractivity contribution in [1.82, 2.24) is 15.0 Å². The number of benzene rings is 1. The predicted molar refractivity (Wildman–Crippen MR) is 94.9 cm³/mol. The maximum atomic E-state index is 12.8. The van der Waals surface area contributed by atoms with Crippen molar-refractivity contribution >= 4 is 16.9 Å². The number of aromatic nitrogens is 1. The molecule has 7 heteroatoms. The van der Waals surface area contributed by atoms with Crippen LogP contribution >= 0.6 is 0 Å². The number of aryl methyl sites for hydroxylation is 1. The van der Waals surface area contributed by atoms with Crippen molar-refractivity contribution in [2.24, 2.45) is 0 Å². The summed E-state index contributed by atoms with van der Waals surface area (Å²) in [7, 11) is 0. The van der Waals surface area contributed by atoms with E-state index < -0.39 is 5.63 Å². The first-order valence-electron chi connectivity index (χ1n) is 8.57. The van der Waals surface area contributed by atoms with Crippen molar-refractivity contribution in [3.8, 4) is 0 Å². The van der Waals surface area contributed by atoms with Gasteiger partial charge in [0.1, 0.15) is 11.1 Å². The van der Waals surface area contributed by atoms with Crippen LogP contribution in [0, 0.1) is 6.92 Å². The molecule has 0 aliphatic carbocycles. The van der Waals surface area contributed by atoms with Gasteiger partial charge < -0.3 is 13.8 Å². The van der Waals surface area contributed by atoms with Gasteiger partial charge in [-0.15, -0.1) is 0 Å². The van der Waals surface area contributed by atoms with Crippen LogP contribution in [-0.2, 0) is 6.54 Å². The fourth-order valence-electron chi connectivity index (χ4n) is 3.20. The van der Waals surface area contributed by atoms with Gasteiger partial charge >= 0.3 is 5.63 Å². The Bertz CT molecular complexity index is 999. The fraction of sp³-hybridized carbons (Fsp3) is 0.316. The summed E-state index contributed by atoms with van der Waals surface area (Å²) < 4.78 is 10.5. The lowest BCUT2D eigenvalue weighted by molar-refractivity contribution is 0.0613.